The molecule has 348 valence electrons. The lowest BCUT2D eigenvalue weighted by molar-refractivity contribution is -0.671. The van der Waals surface area contributed by atoms with Crippen LogP contribution in [0.4, 0.5) is 0 Å². The molecule has 4 atom stereocenters. The Balaban J connectivity index is 0.000000261. The topological polar surface area (TPSA) is 199 Å². The Bertz CT molecular complexity index is 1890. The van der Waals surface area contributed by atoms with Crippen LogP contribution in [0.5, 0.6) is 0 Å². The number of aliphatic carboxylic acids is 2. The van der Waals surface area contributed by atoms with E-state index in [4.69, 9.17) is 19.7 Å². The molecule has 0 aliphatic carbocycles. The first-order chi connectivity index (χ1) is 30.2. The maximum absolute atomic E-state index is 12.0. The number of halogens is 2. The third kappa shape index (κ3) is 20.2. The summed E-state index contributed by atoms with van der Waals surface area (Å²) in [6.45, 7) is 13.8. The Kier molecular flexibility index (Phi) is 22.3. The predicted molar refractivity (Wildman–Crippen MR) is 252 cm³/mol. The van der Waals surface area contributed by atoms with Crippen LogP contribution in [0.1, 0.15) is 122 Å². The molecule has 2 aliphatic heterocycles. The van der Waals surface area contributed by atoms with Crippen LogP contribution in [0.3, 0.4) is 0 Å². The molecule has 12 nitrogen and oxygen atoms in total. The fourth-order valence-corrected chi connectivity index (χ4v) is 7.23. The molecule has 0 aromatic heterocycles. The molecule has 2 fully saturated rings. The third-order valence-corrected chi connectivity index (χ3v) is 11.1. The number of esters is 2. The van der Waals surface area contributed by atoms with Crippen molar-refractivity contribution >= 4 is 55.7 Å². The highest BCUT2D eigenvalue weighted by molar-refractivity contribution is 9.10. The van der Waals surface area contributed by atoms with Gasteiger partial charge in [-0.1, -0.05) is 80.4 Å². The molecule has 0 amide bonds. The summed E-state index contributed by atoms with van der Waals surface area (Å²) in [5.41, 5.74) is 2.86. The number of nitrogens with one attached hydrogen (secondary N) is 1. The average molecular weight is 1010 g/mol. The number of aliphatic hydroxyl groups is 2. The molecule has 2 heterocycles. The molecule has 4 aromatic carbocycles. The fraction of sp³-hybridized carbons (Fsp3) is 0.440. The van der Waals surface area contributed by atoms with E-state index in [1.807, 2.05) is 53.7 Å². The third-order valence-electron chi connectivity index (χ3n) is 10.1. The van der Waals surface area contributed by atoms with Gasteiger partial charge in [-0.3, -0.25) is 4.79 Å². The number of ether oxygens (including phenoxy) is 2. The first kappa shape index (κ1) is 53.9. The molecule has 0 radical (unpaired) electrons. The summed E-state index contributed by atoms with van der Waals surface area (Å²) >= 11 is 6.68. The molecule has 2 aliphatic rings. The molecule has 14 heteroatoms. The Hall–Kier alpha value is -4.44. The summed E-state index contributed by atoms with van der Waals surface area (Å²) in [5, 5.41) is 43.5. The summed E-state index contributed by atoms with van der Waals surface area (Å²) in [4.78, 5) is 47.2. The second-order valence-electron chi connectivity index (χ2n) is 17.8. The minimum atomic E-state index is -1.13. The van der Waals surface area contributed by atoms with E-state index in [-0.39, 0.29) is 5.97 Å². The zero-order valence-electron chi connectivity index (χ0n) is 37.7. The Morgan fingerprint density at radius 2 is 1.11 bits per heavy atom. The zero-order chi connectivity index (χ0) is 47.5. The van der Waals surface area contributed by atoms with Gasteiger partial charge in [0.1, 0.15) is 17.2 Å². The van der Waals surface area contributed by atoms with E-state index in [1.54, 1.807) is 84.9 Å². The highest BCUT2D eigenvalue weighted by Gasteiger charge is 2.23. The first-order valence-electron chi connectivity index (χ1n) is 21.6. The molecule has 0 bridgehead atoms. The fourth-order valence-electron chi connectivity index (χ4n) is 6.70. The van der Waals surface area contributed by atoms with Gasteiger partial charge in [-0.25, -0.2) is 9.59 Å². The van der Waals surface area contributed by atoms with Crippen LogP contribution in [0, 0.1) is 0 Å². The first-order valence-corrected chi connectivity index (χ1v) is 23.1. The number of nitrogens with two attached hydrogens (primary N) is 1. The van der Waals surface area contributed by atoms with Crippen molar-refractivity contribution in [2.75, 3.05) is 26.3 Å². The second kappa shape index (κ2) is 26.5. The Morgan fingerprint density at radius 3 is 1.41 bits per heavy atom. The Morgan fingerprint density at radius 1 is 0.672 bits per heavy atom. The van der Waals surface area contributed by atoms with Crippen LogP contribution in [0.15, 0.2) is 106 Å². The van der Waals surface area contributed by atoms with E-state index in [0.717, 1.165) is 38.6 Å². The molecule has 4 aromatic rings. The van der Waals surface area contributed by atoms with Gasteiger partial charge in [-0.05, 0) is 145 Å². The molecule has 0 spiro atoms. The van der Waals surface area contributed by atoms with Gasteiger partial charge in [0, 0.05) is 39.7 Å². The number of rotatable bonds is 12. The van der Waals surface area contributed by atoms with Gasteiger partial charge >= 0.3 is 17.9 Å². The molecular weight excluding hydrogens is 948 g/mol. The summed E-state index contributed by atoms with van der Waals surface area (Å²) in [6, 6.07) is 29.0. The number of benzene rings is 4. The standard InChI is InChI=1S/2C20H21BrO4.2C5H11NO/c2*1-20(2,3)25-19(24)15-6-4-13(5-7-15)12-17(18(22)23)14-8-10-16(21)11-9-14;2*7-4-5-2-1-3-6-5/h2*4-11,17H,12H2,1-3H3,(H,22,23);2*5-7H,1-4H2/t17-;;2*5-/m1.00/s1. The second-order valence-corrected chi connectivity index (χ2v) is 19.6. The number of quaternary nitrogens is 1. The smallest absolute Gasteiger partial charge is 0.338 e. The molecule has 64 heavy (non-hydrogen) atoms. The van der Waals surface area contributed by atoms with Crippen molar-refractivity contribution in [2.24, 2.45) is 0 Å². The van der Waals surface area contributed by atoms with Crippen LogP contribution in [0.25, 0.3) is 0 Å². The molecular formula is C50H64Br2N2O10. The van der Waals surface area contributed by atoms with Gasteiger partial charge in [-0.2, -0.15) is 0 Å². The largest absolute Gasteiger partial charge is 0.549 e. The van der Waals surface area contributed by atoms with Gasteiger partial charge in [0.25, 0.3) is 0 Å². The van der Waals surface area contributed by atoms with Crippen molar-refractivity contribution in [3.05, 3.63) is 139 Å². The molecule has 2 saturated heterocycles. The van der Waals surface area contributed by atoms with Gasteiger partial charge in [0.2, 0.25) is 0 Å². The lowest BCUT2D eigenvalue weighted by Crippen LogP contribution is -2.87. The number of carbonyl (C=O) groups is 4. The van der Waals surface area contributed by atoms with E-state index in [1.165, 1.54) is 25.8 Å². The maximum Gasteiger partial charge on any atom is 0.338 e. The highest BCUT2D eigenvalue weighted by atomic mass is 79.9. The van der Waals surface area contributed by atoms with Crippen molar-refractivity contribution in [1.82, 2.24) is 5.32 Å². The van der Waals surface area contributed by atoms with Crippen LogP contribution >= 0.6 is 31.9 Å². The number of carboxylic acids is 2. The van der Waals surface area contributed by atoms with Gasteiger partial charge in [0.15, 0.2) is 0 Å². The maximum atomic E-state index is 12.0. The zero-order valence-corrected chi connectivity index (χ0v) is 40.8. The van der Waals surface area contributed by atoms with Crippen LogP contribution < -0.4 is 15.7 Å². The predicted octanol–water partition coefficient (Wildman–Crippen LogP) is 6.73. The van der Waals surface area contributed by atoms with Gasteiger partial charge < -0.3 is 45.3 Å². The quantitative estimate of drug-likeness (QED) is 0.0944. The van der Waals surface area contributed by atoms with E-state index in [9.17, 15) is 29.4 Å². The van der Waals surface area contributed by atoms with Crippen molar-refractivity contribution in [3.63, 3.8) is 0 Å². The van der Waals surface area contributed by atoms with Crippen LogP contribution in [-0.2, 0) is 31.9 Å². The highest BCUT2D eigenvalue weighted by Crippen LogP contribution is 2.25. The minimum absolute atomic E-state index is 0.290. The van der Waals surface area contributed by atoms with Crippen molar-refractivity contribution in [2.45, 2.75) is 115 Å². The number of carbonyl (C=O) groups excluding carboxylic acids is 3. The van der Waals surface area contributed by atoms with E-state index in [0.29, 0.717) is 54.8 Å². The molecule has 6 rings (SSSR count). The van der Waals surface area contributed by atoms with Gasteiger partial charge in [-0.15, -0.1) is 0 Å². The number of hydrogen-bond acceptors (Lipinski definition) is 10. The minimum Gasteiger partial charge on any atom is -0.549 e. The lowest BCUT2D eigenvalue weighted by atomic mass is 9.92. The summed E-state index contributed by atoms with van der Waals surface area (Å²) in [7, 11) is 0. The number of aliphatic hydroxyl groups excluding tert-OH is 2. The number of carboxylic acid groups (broad SMARTS) is 2. The number of hydrogen-bond donors (Lipinski definition) is 5. The van der Waals surface area contributed by atoms with E-state index >= 15 is 0 Å². The summed E-state index contributed by atoms with van der Waals surface area (Å²) in [6.07, 6.45) is 5.51. The van der Waals surface area contributed by atoms with E-state index in [2.05, 4.69) is 42.5 Å². The van der Waals surface area contributed by atoms with Crippen LogP contribution in [0.2, 0.25) is 0 Å². The normalized spacial score (nSPS) is 16.6. The summed E-state index contributed by atoms with van der Waals surface area (Å²) in [5.74, 6) is -4.18. The lowest BCUT2D eigenvalue weighted by Gasteiger charge is -2.20. The van der Waals surface area contributed by atoms with Crippen molar-refractivity contribution in [1.29, 1.82) is 0 Å². The average Bonchev–Trinajstić information content (AvgIpc) is 3.98. The van der Waals surface area contributed by atoms with Gasteiger partial charge in [0.05, 0.1) is 36.8 Å². The Labute approximate surface area is 394 Å². The van der Waals surface area contributed by atoms with E-state index < -0.39 is 40.9 Å². The van der Waals surface area contributed by atoms with Crippen molar-refractivity contribution < 1.29 is 54.4 Å². The molecule has 6 N–H and O–H groups in total. The van der Waals surface area contributed by atoms with Crippen LogP contribution in [-0.4, -0.2) is 88.8 Å². The summed E-state index contributed by atoms with van der Waals surface area (Å²) < 4.78 is 12.4. The SMILES string of the molecule is CC(C)(C)OC(=O)c1ccc(CC(C(=O)O)c2ccc(Br)cc2)cc1.CC(C)(C)OC(=O)c1ccc(C[C@@H](C(=O)[O-])c2ccc(Br)cc2)cc1.OC[C@@H]1CCCN1.OC[C@@H]1CCC[NH2+]1. The molecule has 1 unspecified atom stereocenters. The monoisotopic (exact) mass is 1010 g/mol. The van der Waals surface area contributed by atoms with Crippen molar-refractivity contribution in [3.8, 4) is 0 Å². The molecule has 0 saturated carbocycles.